The number of aryl methyl sites for hydroxylation is 1. The van der Waals surface area contributed by atoms with E-state index in [-0.39, 0.29) is 0 Å². The molecular weight excluding hydrogens is 422 g/mol. The fourth-order valence-electron chi connectivity index (χ4n) is 3.26. The van der Waals surface area contributed by atoms with Gasteiger partial charge < -0.3 is 9.66 Å². The van der Waals surface area contributed by atoms with Gasteiger partial charge in [0.25, 0.3) is 0 Å². The Kier molecular flexibility index (Phi) is 5.81. The summed E-state index contributed by atoms with van der Waals surface area (Å²) in [7, 11) is 0. The molecule has 0 aliphatic heterocycles. The second kappa shape index (κ2) is 8.29. The van der Waals surface area contributed by atoms with E-state index >= 15 is 0 Å². The minimum absolute atomic E-state index is 0.390. The van der Waals surface area contributed by atoms with Gasteiger partial charge in [0, 0.05) is 28.0 Å². The molecule has 0 aliphatic carbocycles. The number of nitrogens with one attached hydrogen (secondary N) is 1. The van der Waals surface area contributed by atoms with Gasteiger partial charge in [-0.2, -0.15) is 5.10 Å². The highest BCUT2D eigenvalue weighted by Crippen LogP contribution is 2.27. The van der Waals surface area contributed by atoms with E-state index in [0.717, 1.165) is 28.0 Å². The predicted octanol–water partition coefficient (Wildman–Crippen LogP) is 4.01. The standard InChI is InChI=1S/C24H27N5O2S/c1-16-8-6-11-22(26-16)29-20-14-17(12-13-18(20)15-25-29)19-9-7-10-21(27-19)24(5,30)28-32(31)23(2,3)4/h6-15,28,30H,1-5H3. The largest absolute Gasteiger partial charge is 0.598 e. The molecule has 0 radical (unpaired) electrons. The predicted molar refractivity (Wildman–Crippen MR) is 127 cm³/mol. The molecule has 3 heterocycles. The number of rotatable bonds is 5. The number of aliphatic hydroxyl groups is 1. The maximum atomic E-state index is 12.5. The third-order valence-corrected chi connectivity index (χ3v) is 6.75. The molecule has 0 spiro atoms. The zero-order valence-electron chi connectivity index (χ0n) is 18.8. The van der Waals surface area contributed by atoms with E-state index < -0.39 is 21.8 Å². The lowest BCUT2D eigenvalue weighted by Gasteiger charge is -2.31. The Balaban J connectivity index is 1.72. The van der Waals surface area contributed by atoms with Gasteiger partial charge in [-0.15, -0.1) is 4.72 Å². The first-order valence-corrected chi connectivity index (χ1v) is 11.5. The van der Waals surface area contributed by atoms with Crippen molar-refractivity contribution in [3.8, 4) is 17.1 Å². The summed E-state index contributed by atoms with van der Waals surface area (Å²) < 4.78 is 16.6. The van der Waals surface area contributed by atoms with Crippen LogP contribution in [0.2, 0.25) is 0 Å². The van der Waals surface area contributed by atoms with E-state index in [1.54, 1.807) is 17.7 Å². The van der Waals surface area contributed by atoms with Crippen LogP contribution in [0.15, 0.2) is 60.8 Å². The van der Waals surface area contributed by atoms with Crippen molar-refractivity contribution in [2.45, 2.75) is 45.1 Å². The Morgan fingerprint density at radius 2 is 1.75 bits per heavy atom. The molecule has 32 heavy (non-hydrogen) atoms. The van der Waals surface area contributed by atoms with Crippen LogP contribution in [0, 0.1) is 6.92 Å². The molecule has 2 N–H and O–H groups in total. The van der Waals surface area contributed by atoms with Crippen molar-refractivity contribution in [3.05, 3.63) is 72.2 Å². The van der Waals surface area contributed by atoms with Gasteiger partial charge >= 0.3 is 0 Å². The third kappa shape index (κ3) is 4.54. The van der Waals surface area contributed by atoms with E-state index in [4.69, 9.17) is 0 Å². The molecule has 0 aliphatic rings. The van der Waals surface area contributed by atoms with Gasteiger partial charge in [-0.1, -0.05) is 24.3 Å². The van der Waals surface area contributed by atoms with E-state index in [1.807, 2.05) is 82.4 Å². The average molecular weight is 450 g/mol. The molecule has 0 fully saturated rings. The summed E-state index contributed by atoms with van der Waals surface area (Å²) in [5, 5.41) is 16.5. The van der Waals surface area contributed by atoms with Crippen LogP contribution >= 0.6 is 0 Å². The number of fused-ring (bicyclic) bond motifs is 1. The number of benzene rings is 1. The summed E-state index contributed by atoms with van der Waals surface area (Å²) in [5.74, 6) is 0.746. The lowest BCUT2D eigenvalue weighted by atomic mass is 10.1. The van der Waals surface area contributed by atoms with Crippen LogP contribution in [0.4, 0.5) is 0 Å². The molecular formula is C24H27N5O2S. The van der Waals surface area contributed by atoms with Crippen molar-refractivity contribution in [1.29, 1.82) is 0 Å². The third-order valence-electron chi connectivity index (χ3n) is 5.05. The van der Waals surface area contributed by atoms with Gasteiger partial charge in [0.05, 0.1) is 23.1 Å². The Morgan fingerprint density at radius 3 is 2.47 bits per heavy atom. The summed E-state index contributed by atoms with van der Waals surface area (Å²) in [6.45, 7) is 9.04. The second-order valence-corrected chi connectivity index (χ2v) is 10.9. The molecule has 4 aromatic rings. The highest BCUT2D eigenvalue weighted by Gasteiger charge is 2.36. The molecule has 1 aromatic carbocycles. The summed E-state index contributed by atoms with van der Waals surface area (Å²) in [6.07, 6.45) is 1.81. The van der Waals surface area contributed by atoms with Crippen molar-refractivity contribution in [3.63, 3.8) is 0 Å². The number of hydrogen-bond donors (Lipinski definition) is 2. The van der Waals surface area contributed by atoms with Gasteiger partial charge in [-0.25, -0.2) is 14.6 Å². The molecule has 166 valence electrons. The zero-order chi connectivity index (χ0) is 23.1. The van der Waals surface area contributed by atoms with Crippen LogP contribution in [-0.4, -0.2) is 34.2 Å². The normalized spacial score (nSPS) is 15.0. The van der Waals surface area contributed by atoms with E-state index in [2.05, 4.69) is 19.8 Å². The SMILES string of the molecule is Cc1cccc(-n2ncc3ccc(-c4cccc(C(C)(O)N[S+]([O-])C(C)(C)C)n4)cc32)n1. The first-order valence-electron chi connectivity index (χ1n) is 10.4. The second-order valence-electron chi connectivity index (χ2n) is 8.93. The molecule has 2 atom stereocenters. The molecule has 8 heteroatoms. The van der Waals surface area contributed by atoms with Gasteiger partial charge in [-0.3, -0.25) is 0 Å². The lowest BCUT2D eigenvalue weighted by molar-refractivity contribution is 0.0401. The molecule has 3 aromatic heterocycles. The van der Waals surface area contributed by atoms with Crippen LogP contribution in [0.25, 0.3) is 28.0 Å². The maximum Gasteiger partial charge on any atom is 0.197 e. The molecule has 0 saturated heterocycles. The molecule has 0 bridgehead atoms. The lowest BCUT2D eigenvalue weighted by Crippen LogP contribution is -2.50. The summed E-state index contributed by atoms with van der Waals surface area (Å²) in [6, 6.07) is 17.2. The molecule has 4 rings (SSSR count). The van der Waals surface area contributed by atoms with Crippen LogP contribution in [0.3, 0.4) is 0 Å². The minimum atomic E-state index is -1.55. The maximum absolute atomic E-state index is 12.5. The van der Waals surface area contributed by atoms with Crippen molar-refractivity contribution in [1.82, 2.24) is 24.5 Å². The van der Waals surface area contributed by atoms with E-state index in [0.29, 0.717) is 11.4 Å². The Bertz CT molecular complexity index is 1260. The number of nitrogens with zero attached hydrogens (tertiary/aromatic N) is 4. The van der Waals surface area contributed by atoms with Crippen molar-refractivity contribution in [2.24, 2.45) is 0 Å². The highest BCUT2D eigenvalue weighted by molar-refractivity contribution is 7.90. The van der Waals surface area contributed by atoms with Crippen molar-refractivity contribution < 1.29 is 9.66 Å². The smallest absolute Gasteiger partial charge is 0.197 e. The van der Waals surface area contributed by atoms with Gasteiger partial charge in [0.15, 0.2) is 11.5 Å². The van der Waals surface area contributed by atoms with Crippen molar-refractivity contribution >= 4 is 22.3 Å². The number of aromatic nitrogens is 4. The van der Waals surface area contributed by atoms with Crippen LogP contribution < -0.4 is 4.72 Å². The first-order chi connectivity index (χ1) is 15.0. The summed E-state index contributed by atoms with van der Waals surface area (Å²) >= 11 is -1.46. The van der Waals surface area contributed by atoms with Crippen LogP contribution in [0.1, 0.15) is 39.1 Å². The minimum Gasteiger partial charge on any atom is -0.598 e. The van der Waals surface area contributed by atoms with Gasteiger partial charge in [-0.05, 0) is 65.0 Å². The van der Waals surface area contributed by atoms with E-state index in [9.17, 15) is 9.66 Å². The number of pyridine rings is 2. The highest BCUT2D eigenvalue weighted by atomic mass is 32.2. The summed E-state index contributed by atoms with van der Waals surface area (Å²) in [5.41, 5.74) is 2.23. The monoisotopic (exact) mass is 449 g/mol. The van der Waals surface area contributed by atoms with E-state index in [1.165, 1.54) is 0 Å². The topological polar surface area (TPSA) is 98.9 Å². The van der Waals surface area contributed by atoms with Crippen LogP contribution in [0.5, 0.6) is 0 Å². The zero-order valence-corrected chi connectivity index (χ0v) is 19.6. The number of hydrogen-bond acceptors (Lipinski definition) is 6. The molecule has 0 saturated carbocycles. The van der Waals surface area contributed by atoms with Crippen molar-refractivity contribution in [2.75, 3.05) is 0 Å². The molecule has 7 nitrogen and oxygen atoms in total. The first kappa shape index (κ1) is 22.4. The molecule has 0 amide bonds. The molecule has 2 unspecified atom stereocenters. The van der Waals surface area contributed by atoms with Gasteiger partial charge in [0.1, 0.15) is 4.75 Å². The Labute approximate surface area is 190 Å². The Hall–Kier alpha value is -2.78. The fraction of sp³-hybridized carbons (Fsp3) is 0.292. The van der Waals surface area contributed by atoms with Gasteiger partial charge in [0.2, 0.25) is 0 Å². The summed E-state index contributed by atoms with van der Waals surface area (Å²) in [4.78, 5) is 9.24. The van der Waals surface area contributed by atoms with Crippen LogP contribution in [-0.2, 0) is 17.1 Å². The quantitative estimate of drug-likeness (QED) is 0.353. The fourth-order valence-corrected chi connectivity index (χ4v) is 4.03. The average Bonchev–Trinajstić information content (AvgIpc) is 3.16. The Morgan fingerprint density at radius 1 is 1.00 bits per heavy atom.